The second-order valence-corrected chi connectivity index (χ2v) is 6.51. The number of para-hydroxylation sites is 1. The van der Waals surface area contributed by atoms with E-state index >= 15 is 0 Å². The van der Waals surface area contributed by atoms with Crippen molar-refractivity contribution in [2.24, 2.45) is 7.05 Å². The van der Waals surface area contributed by atoms with Crippen LogP contribution in [0.2, 0.25) is 0 Å². The molecule has 0 fully saturated rings. The molecule has 0 radical (unpaired) electrons. The minimum absolute atomic E-state index is 0.0151. The number of carbonyl (C=O) groups is 1. The summed E-state index contributed by atoms with van der Waals surface area (Å²) in [5.74, 6) is 0.932. The van der Waals surface area contributed by atoms with Gasteiger partial charge in [-0.2, -0.15) is 0 Å². The summed E-state index contributed by atoms with van der Waals surface area (Å²) in [7, 11) is 1.96. The Morgan fingerprint density at radius 3 is 3.04 bits per heavy atom. The first-order chi connectivity index (χ1) is 11.7. The second-order valence-electron chi connectivity index (χ2n) is 5.74. The predicted octanol–water partition coefficient (Wildman–Crippen LogP) is 1.65. The van der Waals surface area contributed by atoms with Crippen LogP contribution in [0.3, 0.4) is 0 Å². The number of aromatic nitrogens is 2. The van der Waals surface area contributed by atoms with Gasteiger partial charge in [0.1, 0.15) is 12.4 Å². The van der Waals surface area contributed by atoms with Gasteiger partial charge in [0.25, 0.3) is 0 Å². The summed E-state index contributed by atoms with van der Waals surface area (Å²) < 4.78 is 7.73. The minimum Gasteiger partial charge on any atom is -0.492 e. The summed E-state index contributed by atoms with van der Waals surface area (Å²) >= 11 is 1.59. The number of nitrogens with one attached hydrogen (secondary N) is 1. The van der Waals surface area contributed by atoms with Crippen LogP contribution in [0.25, 0.3) is 0 Å². The number of carbonyl (C=O) groups excluding carboxylic acids is 1. The Hall–Kier alpha value is -1.99. The van der Waals surface area contributed by atoms with E-state index < -0.39 is 0 Å². The summed E-state index contributed by atoms with van der Waals surface area (Å²) in [6.45, 7) is 2.92. The lowest BCUT2D eigenvalue weighted by Crippen LogP contribution is -2.37. The van der Waals surface area contributed by atoms with Gasteiger partial charge in [-0.3, -0.25) is 9.69 Å². The lowest BCUT2D eigenvalue weighted by atomic mass is 10.2. The smallest absolute Gasteiger partial charge is 0.234 e. The number of hydrogen-bond acceptors (Lipinski definition) is 5. The molecule has 0 saturated carbocycles. The van der Waals surface area contributed by atoms with Crippen molar-refractivity contribution in [2.45, 2.75) is 18.2 Å². The van der Waals surface area contributed by atoms with Crippen LogP contribution in [-0.4, -0.2) is 46.3 Å². The first-order valence-electron chi connectivity index (χ1n) is 7.91. The highest BCUT2D eigenvalue weighted by atomic mass is 32.2. The van der Waals surface area contributed by atoms with E-state index in [-0.39, 0.29) is 5.91 Å². The third-order valence-electron chi connectivity index (χ3n) is 4.09. The van der Waals surface area contributed by atoms with Crippen molar-refractivity contribution in [3.63, 3.8) is 0 Å². The molecule has 0 aliphatic carbocycles. The number of fused-ring (bicyclic) bond motifs is 1. The van der Waals surface area contributed by atoms with Crippen molar-refractivity contribution in [2.75, 3.05) is 26.0 Å². The number of imidazole rings is 1. The van der Waals surface area contributed by atoms with Crippen molar-refractivity contribution < 1.29 is 9.53 Å². The molecule has 128 valence electrons. The monoisotopic (exact) mass is 346 g/mol. The van der Waals surface area contributed by atoms with Crippen LogP contribution < -0.4 is 10.1 Å². The Morgan fingerprint density at radius 2 is 2.25 bits per heavy atom. The maximum absolute atomic E-state index is 12.3. The molecule has 3 rings (SSSR count). The van der Waals surface area contributed by atoms with Crippen LogP contribution in [0.15, 0.2) is 35.6 Å². The molecule has 1 N–H and O–H groups in total. The van der Waals surface area contributed by atoms with Gasteiger partial charge in [0.05, 0.1) is 25.0 Å². The van der Waals surface area contributed by atoms with Crippen molar-refractivity contribution >= 4 is 17.7 Å². The fourth-order valence-electron chi connectivity index (χ4n) is 2.74. The first kappa shape index (κ1) is 16.9. The fraction of sp³-hybridized carbons (Fsp3) is 0.412. The van der Waals surface area contributed by atoms with Gasteiger partial charge in [-0.05, 0) is 12.3 Å². The summed E-state index contributed by atoms with van der Waals surface area (Å²) in [5.41, 5.74) is 2.12. The van der Waals surface area contributed by atoms with Crippen LogP contribution >= 0.6 is 11.8 Å². The van der Waals surface area contributed by atoms with Gasteiger partial charge in [-0.15, -0.1) is 0 Å². The van der Waals surface area contributed by atoms with Crippen LogP contribution in [-0.2, 0) is 24.9 Å². The molecule has 0 unspecified atom stereocenters. The van der Waals surface area contributed by atoms with E-state index in [1.807, 2.05) is 48.3 Å². The normalized spacial score (nSPS) is 14.6. The van der Waals surface area contributed by atoms with E-state index in [0.29, 0.717) is 19.7 Å². The molecule has 0 atom stereocenters. The third-order valence-corrected chi connectivity index (χ3v) is 4.83. The van der Waals surface area contributed by atoms with Crippen molar-refractivity contribution in [3.8, 4) is 5.75 Å². The topological polar surface area (TPSA) is 59.4 Å². The fourth-order valence-corrected chi connectivity index (χ4v) is 3.29. The molecule has 0 bridgehead atoms. The van der Waals surface area contributed by atoms with Crippen LogP contribution in [0.4, 0.5) is 0 Å². The number of nitrogens with zero attached hydrogens (tertiary/aromatic N) is 3. The molecule has 7 heteroatoms. The van der Waals surface area contributed by atoms with E-state index in [1.165, 1.54) is 0 Å². The molecular formula is C17H22N4O2S. The van der Waals surface area contributed by atoms with Gasteiger partial charge < -0.3 is 14.6 Å². The molecule has 24 heavy (non-hydrogen) atoms. The van der Waals surface area contributed by atoms with Crippen LogP contribution in [0.1, 0.15) is 11.3 Å². The average Bonchev–Trinajstić information content (AvgIpc) is 2.81. The third kappa shape index (κ3) is 3.91. The molecule has 1 aliphatic heterocycles. The quantitative estimate of drug-likeness (QED) is 0.835. The van der Waals surface area contributed by atoms with Crippen LogP contribution in [0, 0.1) is 0 Å². The number of amides is 1. The van der Waals surface area contributed by atoms with Gasteiger partial charge in [0.15, 0.2) is 5.16 Å². The Balaban J connectivity index is 1.54. The van der Waals surface area contributed by atoms with E-state index in [9.17, 15) is 4.79 Å². The van der Waals surface area contributed by atoms with E-state index in [0.717, 1.165) is 35.3 Å². The summed E-state index contributed by atoms with van der Waals surface area (Å²) in [4.78, 5) is 18.7. The largest absolute Gasteiger partial charge is 0.492 e. The van der Waals surface area contributed by atoms with Crippen molar-refractivity contribution in [1.29, 1.82) is 0 Å². The summed E-state index contributed by atoms with van der Waals surface area (Å²) in [5, 5.41) is 3.92. The molecule has 2 heterocycles. The van der Waals surface area contributed by atoms with Gasteiger partial charge in [0, 0.05) is 25.7 Å². The minimum atomic E-state index is 0.0151. The van der Waals surface area contributed by atoms with Gasteiger partial charge >= 0.3 is 0 Å². The Bertz CT molecular complexity index is 716. The Kier molecular flexibility index (Phi) is 5.42. The van der Waals surface area contributed by atoms with Crippen molar-refractivity contribution in [1.82, 2.24) is 19.8 Å². The number of hydrogen-bond donors (Lipinski definition) is 1. The van der Waals surface area contributed by atoms with Gasteiger partial charge in [0.2, 0.25) is 5.91 Å². The van der Waals surface area contributed by atoms with Gasteiger partial charge in [-0.1, -0.05) is 30.0 Å². The zero-order chi connectivity index (χ0) is 16.9. The summed E-state index contributed by atoms with van der Waals surface area (Å²) in [6.07, 6.45) is 3.80. The standard InChI is InChI=1S/C17H22N4O2S/c1-20-14(10-19-17(20)24-2)9-18-16(22)12-21-7-8-23-15-6-4-3-5-13(15)11-21/h3-6,10H,7-9,11-12H2,1-2H3,(H,18,22). The molecule has 6 nitrogen and oxygen atoms in total. The maximum atomic E-state index is 12.3. The molecular weight excluding hydrogens is 324 g/mol. The molecule has 0 spiro atoms. The molecule has 2 aromatic rings. The number of rotatable bonds is 5. The Morgan fingerprint density at radius 1 is 1.42 bits per heavy atom. The van der Waals surface area contributed by atoms with E-state index in [4.69, 9.17) is 4.74 Å². The molecule has 1 aromatic carbocycles. The second kappa shape index (κ2) is 7.72. The summed E-state index contributed by atoms with van der Waals surface area (Å²) in [6, 6.07) is 7.99. The lowest BCUT2D eigenvalue weighted by Gasteiger charge is -2.18. The number of benzene rings is 1. The van der Waals surface area contributed by atoms with Crippen molar-refractivity contribution in [3.05, 3.63) is 41.7 Å². The Labute approximate surface area is 146 Å². The molecule has 1 aliphatic rings. The predicted molar refractivity (Wildman–Crippen MR) is 94.0 cm³/mol. The first-order valence-corrected chi connectivity index (χ1v) is 9.14. The number of thioether (sulfide) groups is 1. The van der Waals surface area contributed by atoms with E-state index in [1.54, 1.807) is 11.8 Å². The number of ether oxygens (including phenoxy) is 1. The zero-order valence-electron chi connectivity index (χ0n) is 14.0. The SMILES string of the molecule is CSc1ncc(CNC(=O)CN2CCOc3ccccc3C2)n1C. The molecule has 1 aromatic heterocycles. The highest BCUT2D eigenvalue weighted by molar-refractivity contribution is 7.98. The molecule has 1 amide bonds. The lowest BCUT2D eigenvalue weighted by molar-refractivity contribution is -0.122. The zero-order valence-corrected chi connectivity index (χ0v) is 14.8. The maximum Gasteiger partial charge on any atom is 0.234 e. The van der Waals surface area contributed by atoms with E-state index in [2.05, 4.69) is 15.2 Å². The van der Waals surface area contributed by atoms with Crippen LogP contribution in [0.5, 0.6) is 5.75 Å². The molecule has 0 saturated heterocycles. The van der Waals surface area contributed by atoms with Gasteiger partial charge in [-0.25, -0.2) is 4.98 Å². The highest BCUT2D eigenvalue weighted by Gasteiger charge is 2.17. The average molecular weight is 346 g/mol. The highest BCUT2D eigenvalue weighted by Crippen LogP contribution is 2.22.